The number of rotatable bonds is 6. The van der Waals surface area contributed by atoms with Crippen LogP contribution in [0.5, 0.6) is 0 Å². The molecule has 13 nitrogen and oxygen atoms in total. The van der Waals surface area contributed by atoms with Crippen LogP contribution in [0.2, 0.25) is 0 Å². The molecule has 2 N–H and O–H groups in total. The molecule has 0 spiro atoms. The first kappa shape index (κ1) is 26.2. The second-order valence-corrected chi connectivity index (χ2v) is 8.90. The third kappa shape index (κ3) is 5.29. The second kappa shape index (κ2) is 10.3. The number of nitrogens with zero attached hydrogens (tertiary/aromatic N) is 3. The zero-order chi connectivity index (χ0) is 22.9. The van der Waals surface area contributed by atoms with Crippen molar-refractivity contribution < 1.29 is 66.5 Å². The molecular weight excluding hydrogens is 477 g/mol. The molecule has 2 atom stereocenters. The molecule has 32 heavy (non-hydrogen) atoms. The van der Waals surface area contributed by atoms with E-state index in [1.807, 2.05) is 0 Å². The predicted molar refractivity (Wildman–Crippen MR) is 103 cm³/mol. The third-order valence-corrected chi connectivity index (χ3v) is 6.58. The summed E-state index contributed by atoms with van der Waals surface area (Å²) in [6.45, 7) is 1.58. The number of carbonyl (C=O) groups excluding carboxylic acids is 5. The molecule has 2 aliphatic rings. The molecule has 1 aromatic rings. The summed E-state index contributed by atoms with van der Waals surface area (Å²) < 4.78 is 32.8. The number of thiophene rings is 1. The van der Waals surface area contributed by atoms with Gasteiger partial charge in [-0.15, -0.1) is 11.3 Å². The van der Waals surface area contributed by atoms with Gasteiger partial charge in [0.1, 0.15) is 12.1 Å². The van der Waals surface area contributed by atoms with E-state index in [-0.39, 0.29) is 47.0 Å². The van der Waals surface area contributed by atoms with Crippen LogP contribution in [0, 0.1) is 0 Å². The Morgan fingerprint density at radius 3 is 2.47 bits per heavy atom. The molecule has 2 fully saturated rings. The van der Waals surface area contributed by atoms with Crippen LogP contribution < -0.4 is 40.2 Å². The van der Waals surface area contributed by atoms with Gasteiger partial charge in [-0.25, -0.2) is 17.5 Å². The van der Waals surface area contributed by atoms with Gasteiger partial charge in [-0.05, 0) is 18.4 Å². The van der Waals surface area contributed by atoms with E-state index in [2.05, 4.69) is 10.6 Å². The number of hydrogen-bond acceptors (Lipinski definition) is 9. The Morgan fingerprint density at radius 2 is 1.94 bits per heavy atom. The number of carbonyl (C=O) groups is 5. The number of amides is 6. The standard InChI is InChI=1S/C16H19N5O8S2.Na/c1-2-19-5-6-20(15(25)14(19)24)16(26)18-11(10-4-3-7-30-10)12(22)17-9-8-21(13(9)23)31(27,28)29;/h3-4,7,9,11H,2,5-6,8H2,1H3,(H,17,22)(H,18,26)(H,27,28,29);/q;+1/p-1. The monoisotopic (exact) mass is 495 g/mol. The van der Waals surface area contributed by atoms with Gasteiger partial charge in [0.25, 0.3) is 5.91 Å². The van der Waals surface area contributed by atoms with Crippen molar-refractivity contribution >= 4 is 51.3 Å². The van der Waals surface area contributed by atoms with E-state index < -0.39 is 58.6 Å². The molecule has 0 aliphatic carbocycles. The summed E-state index contributed by atoms with van der Waals surface area (Å²) in [5.74, 6) is -3.79. The number of β-lactam (4-membered cyclic amide) rings is 1. The molecule has 2 saturated heterocycles. The zero-order valence-electron chi connectivity index (χ0n) is 17.1. The quantitative estimate of drug-likeness (QED) is 0.171. The van der Waals surface area contributed by atoms with Gasteiger partial charge in [-0.1, -0.05) is 6.07 Å². The van der Waals surface area contributed by atoms with Crippen LogP contribution in [0.4, 0.5) is 4.79 Å². The number of hydrogen-bond donors (Lipinski definition) is 2. The molecule has 168 valence electrons. The van der Waals surface area contributed by atoms with Crippen molar-refractivity contribution in [3.8, 4) is 0 Å². The summed E-state index contributed by atoms with van der Waals surface area (Å²) in [6, 6.07) is -0.376. The molecule has 3 rings (SSSR count). The average Bonchev–Trinajstić information content (AvgIpc) is 3.23. The number of piperazine rings is 1. The summed E-state index contributed by atoms with van der Waals surface area (Å²) in [7, 11) is -4.96. The third-order valence-electron chi connectivity index (χ3n) is 4.77. The minimum Gasteiger partial charge on any atom is -0.731 e. The Kier molecular flexibility index (Phi) is 8.41. The van der Waals surface area contributed by atoms with Gasteiger partial charge in [0.15, 0.2) is 10.3 Å². The van der Waals surface area contributed by atoms with Crippen LogP contribution in [-0.4, -0.2) is 89.0 Å². The molecule has 16 heteroatoms. The van der Waals surface area contributed by atoms with Gasteiger partial charge >= 0.3 is 47.4 Å². The summed E-state index contributed by atoms with van der Waals surface area (Å²) in [6.07, 6.45) is 0. The van der Waals surface area contributed by atoms with Crippen molar-refractivity contribution in [1.29, 1.82) is 0 Å². The molecule has 1 aromatic heterocycles. The first-order valence-electron chi connectivity index (χ1n) is 9.07. The Morgan fingerprint density at radius 1 is 1.25 bits per heavy atom. The predicted octanol–water partition coefficient (Wildman–Crippen LogP) is -5.02. The van der Waals surface area contributed by atoms with E-state index in [9.17, 15) is 36.9 Å². The largest absolute Gasteiger partial charge is 1.00 e. The van der Waals surface area contributed by atoms with Crippen LogP contribution in [0.3, 0.4) is 0 Å². The number of nitrogens with one attached hydrogen (secondary N) is 2. The molecular formula is C16H18N5NaO8S2. The summed E-state index contributed by atoms with van der Waals surface area (Å²) in [5, 5.41) is 6.29. The Balaban J connectivity index is 0.00000363. The van der Waals surface area contributed by atoms with E-state index >= 15 is 0 Å². The summed E-state index contributed by atoms with van der Waals surface area (Å²) >= 11 is 1.12. The van der Waals surface area contributed by atoms with Gasteiger partial charge in [0, 0.05) is 24.5 Å². The Hall–Kier alpha value is -2.04. The molecule has 3 heterocycles. The Bertz CT molecular complexity index is 1030. The van der Waals surface area contributed by atoms with Gasteiger partial charge in [0.05, 0.1) is 6.54 Å². The maximum Gasteiger partial charge on any atom is 1.00 e. The fourth-order valence-corrected chi connectivity index (χ4v) is 4.50. The van der Waals surface area contributed by atoms with E-state index in [1.54, 1.807) is 18.4 Å². The van der Waals surface area contributed by atoms with Crippen LogP contribution in [0.15, 0.2) is 17.5 Å². The van der Waals surface area contributed by atoms with Crippen molar-refractivity contribution in [2.45, 2.75) is 19.0 Å². The van der Waals surface area contributed by atoms with E-state index in [0.29, 0.717) is 16.3 Å². The van der Waals surface area contributed by atoms with Crippen molar-refractivity contribution in [3.05, 3.63) is 22.4 Å². The topological polar surface area (TPSA) is 176 Å². The SMILES string of the molecule is CCN1CCN(C(=O)NC(C(=O)NC2CN(S(=O)(=O)[O-])C2=O)c2cccs2)C(=O)C1=O.[Na+]. The van der Waals surface area contributed by atoms with Crippen LogP contribution in [0.25, 0.3) is 0 Å². The minimum absolute atomic E-state index is 0. The smallest absolute Gasteiger partial charge is 0.731 e. The zero-order valence-corrected chi connectivity index (χ0v) is 20.8. The molecule has 0 aromatic carbocycles. The maximum atomic E-state index is 12.7. The number of imide groups is 1. The Labute approximate surface area is 209 Å². The average molecular weight is 495 g/mol. The summed E-state index contributed by atoms with van der Waals surface area (Å²) in [5.41, 5.74) is 0. The fraction of sp³-hybridized carbons (Fsp3) is 0.438. The van der Waals surface area contributed by atoms with Crippen molar-refractivity contribution in [1.82, 2.24) is 24.7 Å². The van der Waals surface area contributed by atoms with Crippen LogP contribution >= 0.6 is 11.3 Å². The van der Waals surface area contributed by atoms with E-state index in [1.165, 1.54) is 11.0 Å². The molecule has 6 amide bonds. The van der Waals surface area contributed by atoms with Crippen LogP contribution in [0.1, 0.15) is 17.8 Å². The fourth-order valence-electron chi connectivity index (χ4n) is 3.05. The molecule has 2 aliphatic heterocycles. The number of urea groups is 1. The maximum absolute atomic E-state index is 12.7. The second-order valence-electron chi connectivity index (χ2n) is 6.63. The van der Waals surface area contributed by atoms with Gasteiger partial charge in [-0.2, -0.15) is 0 Å². The molecule has 0 bridgehead atoms. The van der Waals surface area contributed by atoms with E-state index in [4.69, 9.17) is 0 Å². The first-order chi connectivity index (χ1) is 14.5. The van der Waals surface area contributed by atoms with Crippen molar-refractivity contribution in [3.63, 3.8) is 0 Å². The minimum atomic E-state index is -4.96. The van der Waals surface area contributed by atoms with Crippen molar-refractivity contribution in [2.24, 2.45) is 0 Å². The molecule has 0 saturated carbocycles. The number of likely N-dealkylation sites (N-methyl/N-ethyl adjacent to an activating group) is 1. The summed E-state index contributed by atoms with van der Waals surface area (Å²) in [4.78, 5) is 63.7. The first-order valence-corrected chi connectivity index (χ1v) is 11.3. The molecule has 0 radical (unpaired) electrons. The van der Waals surface area contributed by atoms with E-state index in [0.717, 1.165) is 11.3 Å². The normalized spacial score (nSPS) is 19.8. The van der Waals surface area contributed by atoms with Crippen LogP contribution in [-0.2, 0) is 29.5 Å². The van der Waals surface area contributed by atoms with Crippen molar-refractivity contribution in [2.75, 3.05) is 26.2 Å². The van der Waals surface area contributed by atoms with Gasteiger partial charge in [-0.3, -0.25) is 24.1 Å². The van der Waals surface area contributed by atoms with Gasteiger partial charge < -0.3 is 20.1 Å². The molecule has 2 unspecified atom stereocenters. The van der Waals surface area contributed by atoms with Gasteiger partial charge in [0.2, 0.25) is 5.91 Å².